The van der Waals surface area contributed by atoms with Crippen molar-refractivity contribution in [1.82, 2.24) is 10.3 Å². The minimum Gasteiger partial charge on any atom is -0.352 e. The van der Waals surface area contributed by atoms with Crippen molar-refractivity contribution < 1.29 is 4.79 Å². The van der Waals surface area contributed by atoms with Gasteiger partial charge < -0.3 is 5.32 Å². The molecule has 0 spiro atoms. The van der Waals surface area contributed by atoms with Crippen LogP contribution in [0.3, 0.4) is 0 Å². The molecule has 0 aliphatic carbocycles. The highest BCUT2D eigenvalue weighted by Crippen LogP contribution is 2.22. The van der Waals surface area contributed by atoms with Crippen LogP contribution < -0.4 is 5.32 Å². The molecule has 104 valence electrons. The molecule has 1 N–H and O–H groups in total. The second kappa shape index (κ2) is 7.31. The normalized spacial score (nSPS) is 10.3. The summed E-state index contributed by atoms with van der Waals surface area (Å²) < 4.78 is 0. The zero-order chi connectivity index (χ0) is 14.4. The van der Waals surface area contributed by atoms with Gasteiger partial charge in [0.05, 0.1) is 10.6 Å². The molecule has 3 nitrogen and oxygen atoms in total. The molecule has 20 heavy (non-hydrogen) atoms. The van der Waals surface area contributed by atoms with Crippen LogP contribution in [-0.2, 0) is 6.42 Å². The van der Waals surface area contributed by atoms with E-state index >= 15 is 0 Å². The van der Waals surface area contributed by atoms with Crippen LogP contribution in [0, 0.1) is 0 Å². The number of nitrogens with zero attached hydrogens (tertiary/aromatic N) is 1. The molecule has 0 fully saturated rings. The SMILES string of the molecule is CSc1ccc(Cl)c(C(=O)NCCc2ccccn2)c1. The zero-order valence-electron chi connectivity index (χ0n) is 11.1. The lowest BCUT2D eigenvalue weighted by Gasteiger charge is -2.08. The van der Waals surface area contributed by atoms with Gasteiger partial charge in [0.2, 0.25) is 0 Å². The maximum atomic E-state index is 12.1. The van der Waals surface area contributed by atoms with E-state index in [0.717, 1.165) is 10.6 Å². The van der Waals surface area contributed by atoms with E-state index in [-0.39, 0.29) is 5.91 Å². The molecule has 0 saturated heterocycles. The van der Waals surface area contributed by atoms with Gasteiger partial charge in [0.25, 0.3) is 5.91 Å². The summed E-state index contributed by atoms with van der Waals surface area (Å²) in [6.45, 7) is 0.537. The average molecular weight is 307 g/mol. The third kappa shape index (κ3) is 3.99. The lowest BCUT2D eigenvalue weighted by molar-refractivity contribution is 0.0954. The van der Waals surface area contributed by atoms with Gasteiger partial charge in [-0.25, -0.2) is 0 Å². The number of aromatic nitrogens is 1. The van der Waals surface area contributed by atoms with Crippen molar-refractivity contribution in [2.24, 2.45) is 0 Å². The summed E-state index contributed by atoms with van der Waals surface area (Å²) in [5.41, 5.74) is 1.47. The molecular formula is C15H15ClN2OS. The second-order valence-electron chi connectivity index (χ2n) is 4.17. The summed E-state index contributed by atoms with van der Waals surface area (Å²) >= 11 is 7.64. The Bertz CT molecular complexity index is 590. The quantitative estimate of drug-likeness (QED) is 0.861. The standard InChI is InChI=1S/C15H15ClN2OS/c1-20-12-5-6-14(16)13(10-12)15(19)18-9-7-11-4-2-3-8-17-11/h2-6,8,10H,7,9H2,1H3,(H,18,19). The largest absolute Gasteiger partial charge is 0.352 e. The van der Waals surface area contributed by atoms with Gasteiger partial charge in [0.15, 0.2) is 0 Å². The second-order valence-corrected chi connectivity index (χ2v) is 5.46. The third-order valence-electron chi connectivity index (χ3n) is 2.81. The van der Waals surface area contributed by atoms with E-state index in [2.05, 4.69) is 10.3 Å². The molecule has 0 aliphatic rings. The average Bonchev–Trinajstić information content (AvgIpc) is 2.48. The van der Waals surface area contributed by atoms with Gasteiger partial charge in [-0.15, -0.1) is 11.8 Å². The number of amides is 1. The van der Waals surface area contributed by atoms with Crippen LogP contribution in [0.2, 0.25) is 5.02 Å². The van der Waals surface area contributed by atoms with Gasteiger partial charge in [0, 0.05) is 29.8 Å². The molecule has 0 bridgehead atoms. The number of hydrogen-bond donors (Lipinski definition) is 1. The first-order chi connectivity index (χ1) is 9.70. The van der Waals surface area contributed by atoms with Crippen molar-refractivity contribution in [2.75, 3.05) is 12.8 Å². The van der Waals surface area contributed by atoms with Gasteiger partial charge in [-0.2, -0.15) is 0 Å². The van der Waals surface area contributed by atoms with Gasteiger partial charge in [-0.1, -0.05) is 17.7 Å². The Balaban J connectivity index is 1.95. The number of carbonyl (C=O) groups excluding carboxylic acids is 1. The van der Waals surface area contributed by atoms with Crippen LogP contribution in [0.25, 0.3) is 0 Å². The number of carbonyl (C=O) groups is 1. The molecule has 0 unspecified atom stereocenters. The van der Waals surface area contributed by atoms with E-state index in [1.807, 2.05) is 36.6 Å². The Kier molecular flexibility index (Phi) is 5.44. The fraction of sp³-hybridized carbons (Fsp3) is 0.200. The minimum atomic E-state index is -0.151. The monoisotopic (exact) mass is 306 g/mol. The predicted molar refractivity (Wildman–Crippen MR) is 83.5 cm³/mol. The summed E-state index contributed by atoms with van der Waals surface area (Å²) in [7, 11) is 0. The summed E-state index contributed by atoms with van der Waals surface area (Å²) in [6.07, 6.45) is 4.41. The molecule has 0 atom stereocenters. The van der Waals surface area contributed by atoms with Crippen molar-refractivity contribution in [3.8, 4) is 0 Å². The van der Waals surface area contributed by atoms with Gasteiger partial charge in [-0.05, 0) is 36.6 Å². The van der Waals surface area contributed by atoms with Crippen LogP contribution in [0.5, 0.6) is 0 Å². The lowest BCUT2D eigenvalue weighted by atomic mass is 10.2. The van der Waals surface area contributed by atoms with Gasteiger partial charge in [0.1, 0.15) is 0 Å². The number of rotatable bonds is 5. The number of benzene rings is 1. The molecule has 0 aliphatic heterocycles. The predicted octanol–water partition coefficient (Wildman–Crippen LogP) is 3.43. The molecule has 1 aromatic heterocycles. The van der Waals surface area contributed by atoms with Crippen LogP contribution in [-0.4, -0.2) is 23.7 Å². The molecule has 1 aromatic carbocycles. The van der Waals surface area contributed by atoms with E-state index in [0.29, 0.717) is 23.6 Å². The Labute approximate surface area is 127 Å². The number of hydrogen-bond acceptors (Lipinski definition) is 3. The number of thioether (sulfide) groups is 1. The van der Waals surface area contributed by atoms with E-state index in [9.17, 15) is 4.79 Å². The molecule has 2 aromatic rings. The van der Waals surface area contributed by atoms with E-state index < -0.39 is 0 Å². The van der Waals surface area contributed by atoms with Crippen molar-refractivity contribution in [3.05, 3.63) is 58.9 Å². The first kappa shape index (κ1) is 14.9. The van der Waals surface area contributed by atoms with Crippen LogP contribution in [0.1, 0.15) is 16.1 Å². The molecule has 1 heterocycles. The maximum absolute atomic E-state index is 12.1. The molecular weight excluding hydrogens is 292 g/mol. The van der Waals surface area contributed by atoms with Crippen molar-refractivity contribution in [2.45, 2.75) is 11.3 Å². The smallest absolute Gasteiger partial charge is 0.252 e. The first-order valence-electron chi connectivity index (χ1n) is 6.22. The fourth-order valence-corrected chi connectivity index (χ4v) is 2.39. The zero-order valence-corrected chi connectivity index (χ0v) is 12.7. The van der Waals surface area contributed by atoms with Crippen molar-refractivity contribution >= 4 is 29.3 Å². The van der Waals surface area contributed by atoms with Crippen LogP contribution in [0.15, 0.2) is 47.5 Å². The summed E-state index contributed by atoms with van der Waals surface area (Å²) in [4.78, 5) is 17.3. The van der Waals surface area contributed by atoms with Crippen LogP contribution >= 0.6 is 23.4 Å². The van der Waals surface area contributed by atoms with Crippen molar-refractivity contribution in [3.63, 3.8) is 0 Å². The molecule has 0 radical (unpaired) electrons. The minimum absolute atomic E-state index is 0.151. The molecule has 1 amide bonds. The molecule has 0 saturated carbocycles. The molecule has 5 heteroatoms. The number of pyridine rings is 1. The van der Waals surface area contributed by atoms with Crippen LogP contribution in [0.4, 0.5) is 0 Å². The topological polar surface area (TPSA) is 42.0 Å². The van der Waals surface area contributed by atoms with E-state index in [1.165, 1.54) is 0 Å². The number of halogens is 1. The Morgan fingerprint density at radius 2 is 2.20 bits per heavy atom. The molecule has 2 rings (SSSR count). The third-order valence-corrected chi connectivity index (χ3v) is 3.87. The maximum Gasteiger partial charge on any atom is 0.252 e. The van der Waals surface area contributed by atoms with Gasteiger partial charge in [-0.3, -0.25) is 9.78 Å². The fourth-order valence-electron chi connectivity index (χ4n) is 1.75. The summed E-state index contributed by atoms with van der Waals surface area (Å²) in [6, 6.07) is 11.2. The number of nitrogens with one attached hydrogen (secondary N) is 1. The van der Waals surface area contributed by atoms with E-state index in [1.54, 1.807) is 24.0 Å². The summed E-state index contributed by atoms with van der Waals surface area (Å²) in [5, 5.41) is 3.34. The lowest BCUT2D eigenvalue weighted by Crippen LogP contribution is -2.26. The Morgan fingerprint density at radius 1 is 1.35 bits per heavy atom. The highest BCUT2D eigenvalue weighted by Gasteiger charge is 2.10. The Morgan fingerprint density at radius 3 is 2.90 bits per heavy atom. The van der Waals surface area contributed by atoms with Crippen molar-refractivity contribution in [1.29, 1.82) is 0 Å². The highest BCUT2D eigenvalue weighted by molar-refractivity contribution is 7.98. The Hall–Kier alpha value is -1.52. The highest BCUT2D eigenvalue weighted by atomic mass is 35.5. The first-order valence-corrected chi connectivity index (χ1v) is 7.82. The van der Waals surface area contributed by atoms with Gasteiger partial charge >= 0.3 is 0 Å². The van der Waals surface area contributed by atoms with E-state index in [4.69, 9.17) is 11.6 Å². The summed E-state index contributed by atoms with van der Waals surface area (Å²) in [5.74, 6) is -0.151.